The Hall–Kier alpha value is -2.08. The maximum absolute atomic E-state index is 12.6. The van der Waals surface area contributed by atoms with Crippen LogP contribution in [0.5, 0.6) is 0 Å². The lowest BCUT2D eigenvalue weighted by atomic mass is 10.2. The molecule has 1 aliphatic carbocycles. The molecule has 0 spiro atoms. The van der Waals surface area contributed by atoms with Gasteiger partial charge in [0.25, 0.3) is 5.91 Å². The first-order valence-electron chi connectivity index (χ1n) is 10.7. The molecule has 1 N–H and O–H groups in total. The number of anilines is 1. The van der Waals surface area contributed by atoms with Crippen LogP contribution in [0, 0.1) is 5.92 Å². The van der Waals surface area contributed by atoms with Crippen LogP contribution in [0.3, 0.4) is 0 Å². The lowest BCUT2D eigenvalue weighted by Crippen LogP contribution is -2.34. The minimum Gasteiger partial charge on any atom is -0.355 e. The van der Waals surface area contributed by atoms with Crippen molar-refractivity contribution in [3.8, 4) is 0 Å². The highest BCUT2D eigenvalue weighted by Gasteiger charge is 2.27. The lowest BCUT2D eigenvalue weighted by molar-refractivity contribution is 0.0952. The Kier molecular flexibility index (Phi) is 6.94. The third-order valence-electron chi connectivity index (χ3n) is 5.37. The summed E-state index contributed by atoms with van der Waals surface area (Å²) in [7, 11) is 4.23. The quantitative estimate of drug-likeness (QED) is 0.604. The first-order valence-corrected chi connectivity index (χ1v) is 10.7. The number of carbonyl (C=O) groups is 1. The van der Waals surface area contributed by atoms with Gasteiger partial charge in [-0.15, -0.1) is 0 Å². The fourth-order valence-electron chi connectivity index (χ4n) is 3.48. The molecule has 0 saturated heterocycles. The summed E-state index contributed by atoms with van der Waals surface area (Å²) >= 11 is 0. The summed E-state index contributed by atoms with van der Waals surface area (Å²) in [6.45, 7) is 8.05. The molecule has 1 amide bonds. The first-order chi connectivity index (χ1) is 13.5. The maximum atomic E-state index is 12.6. The summed E-state index contributed by atoms with van der Waals surface area (Å²) < 4.78 is 2.13. The third kappa shape index (κ3) is 5.04. The lowest BCUT2D eigenvalue weighted by Gasteiger charge is -2.27. The number of hydrogen-bond acceptors (Lipinski definition) is 4. The van der Waals surface area contributed by atoms with Gasteiger partial charge in [-0.1, -0.05) is 20.3 Å². The van der Waals surface area contributed by atoms with Gasteiger partial charge >= 0.3 is 0 Å². The van der Waals surface area contributed by atoms with Crippen LogP contribution in [0.15, 0.2) is 18.3 Å². The normalized spacial score (nSPS) is 14.0. The van der Waals surface area contributed by atoms with E-state index in [1.54, 1.807) is 0 Å². The molecule has 28 heavy (non-hydrogen) atoms. The number of rotatable bonds is 11. The van der Waals surface area contributed by atoms with E-state index in [0.29, 0.717) is 5.56 Å². The number of pyridine rings is 1. The van der Waals surface area contributed by atoms with Gasteiger partial charge in [-0.3, -0.25) is 9.20 Å². The van der Waals surface area contributed by atoms with Crippen LogP contribution in [-0.4, -0.2) is 60.5 Å². The molecule has 2 heterocycles. The molecule has 2 aromatic rings. The van der Waals surface area contributed by atoms with Crippen molar-refractivity contribution in [2.24, 2.45) is 5.92 Å². The molecule has 0 radical (unpaired) electrons. The predicted molar refractivity (Wildman–Crippen MR) is 115 cm³/mol. The van der Waals surface area contributed by atoms with Crippen molar-refractivity contribution in [3.63, 3.8) is 0 Å². The van der Waals surface area contributed by atoms with E-state index >= 15 is 0 Å². The van der Waals surface area contributed by atoms with E-state index in [1.807, 2.05) is 18.3 Å². The minimum atomic E-state index is -0.00455. The van der Waals surface area contributed by atoms with Crippen LogP contribution in [0.2, 0.25) is 0 Å². The number of hydrogen-bond donors (Lipinski definition) is 1. The van der Waals surface area contributed by atoms with Gasteiger partial charge in [0, 0.05) is 32.4 Å². The van der Waals surface area contributed by atoms with E-state index < -0.39 is 0 Å². The van der Waals surface area contributed by atoms with E-state index in [0.717, 1.165) is 68.5 Å². The summed E-state index contributed by atoms with van der Waals surface area (Å²) in [6, 6.07) is 3.86. The van der Waals surface area contributed by atoms with Gasteiger partial charge in [0.15, 0.2) is 0 Å². The zero-order valence-corrected chi connectivity index (χ0v) is 17.9. The molecule has 1 fully saturated rings. The van der Waals surface area contributed by atoms with E-state index in [-0.39, 0.29) is 5.91 Å². The van der Waals surface area contributed by atoms with E-state index in [9.17, 15) is 4.79 Å². The molecule has 1 saturated carbocycles. The number of fused-ring (bicyclic) bond motifs is 1. The molecule has 0 unspecified atom stereocenters. The third-order valence-corrected chi connectivity index (χ3v) is 5.37. The van der Waals surface area contributed by atoms with Gasteiger partial charge in [0.1, 0.15) is 11.5 Å². The number of amides is 1. The number of unbranched alkanes of at least 4 members (excludes halogenated alkanes) is 1. The number of imidazole rings is 1. The van der Waals surface area contributed by atoms with E-state index in [1.165, 1.54) is 12.8 Å². The Morgan fingerprint density at radius 1 is 1.25 bits per heavy atom. The molecule has 1 aliphatic rings. The highest BCUT2D eigenvalue weighted by molar-refractivity contribution is 5.94. The van der Waals surface area contributed by atoms with E-state index in [4.69, 9.17) is 4.98 Å². The average Bonchev–Trinajstić information content (AvgIpc) is 3.42. The van der Waals surface area contributed by atoms with Crippen molar-refractivity contribution in [1.82, 2.24) is 19.6 Å². The van der Waals surface area contributed by atoms with Crippen molar-refractivity contribution >= 4 is 17.4 Å². The van der Waals surface area contributed by atoms with Gasteiger partial charge < -0.3 is 15.1 Å². The molecule has 2 aromatic heterocycles. The molecular formula is C22H35N5O. The van der Waals surface area contributed by atoms with Crippen LogP contribution in [0.25, 0.3) is 5.65 Å². The molecule has 0 aromatic carbocycles. The van der Waals surface area contributed by atoms with Crippen molar-refractivity contribution in [2.45, 2.75) is 46.0 Å². The molecule has 6 heteroatoms. The van der Waals surface area contributed by atoms with Crippen LogP contribution < -0.4 is 10.2 Å². The van der Waals surface area contributed by atoms with Crippen LogP contribution in [0.1, 0.15) is 55.6 Å². The summed E-state index contributed by atoms with van der Waals surface area (Å²) in [5, 5.41) is 3.02. The predicted octanol–water partition coefficient (Wildman–Crippen LogP) is 3.20. The van der Waals surface area contributed by atoms with Crippen LogP contribution in [0.4, 0.5) is 5.82 Å². The summed E-state index contributed by atoms with van der Waals surface area (Å²) in [5.41, 5.74) is 2.73. The second kappa shape index (κ2) is 9.41. The second-order valence-electron chi connectivity index (χ2n) is 8.18. The zero-order valence-electron chi connectivity index (χ0n) is 17.9. The fourth-order valence-corrected chi connectivity index (χ4v) is 3.48. The average molecular weight is 386 g/mol. The first kappa shape index (κ1) is 20.6. The molecule has 154 valence electrons. The number of nitrogens with zero attached hydrogens (tertiary/aromatic N) is 4. The number of nitrogens with one attached hydrogen (secondary N) is 1. The van der Waals surface area contributed by atoms with Crippen molar-refractivity contribution in [3.05, 3.63) is 29.6 Å². The van der Waals surface area contributed by atoms with Crippen molar-refractivity contribution in [1.29, 1.82) is 0 Å². The number of aryl methyl sites for hydroxylation is 1. The molecule has 3 rings (SSSR count). The maximum Gasteiger partial charge on any atom is 0.252 e. The number of carbonyl (C=O) groups excluding carboxylic acids is 1. The fraction of sp³-hybridized carbons (Fsp3) is 0.636. The second-order valence-corrected chi connectivity index (χ2v) is 8.18. The Balaban J connectivity index is 1.93. The minimum absolute atomic E-state index is 0.00455. The van der Waals surface area contributed by atoms with Crippen LogP contribution in [-0.2, 0) is 6.42 Å². The molecule has 0 bridgehead atoms. The zero-order chi connectivity index (χ0) is 20.1. The van der Waals surface area contributed by atoms with E-state index in [2.05, 4.69) is 47.5 Å². The number of aromatic nitrogens is 2. The summed E-state index contributed by atoms with van der Waals surface area (Å²) in [5.74, 6) is 1.95. The van der Waals surface area contributed by atoms with Gasteiger partial charge in [0.2, 0.25) is 0 Å². The van der Waals surface area contributed by atoms with Crippen LogP contribution >= 0.6 is 0 Å². The van der Waals surface area contributed by atoms with Gasteiger partial charge in [-0.25, -0.2) is 4.98 Å². The Bertz CT molecular complexity index is 794. The molecule has 6 nitrogen and oxygen atoms in total. The van der Waals surface area contributed by atoms with Gasteiger partial charge in [0.05, 0.1) is 11.3 Å². The molecular weight excluding hydrogens is 350 g/mol. The van der Waals surface area contributed by atoms with Gasteiger partial charge in [-0.2, -0.15) is 0 Å². The summed E-state index contributed by atoms with van der Waals surface area (Å²) in [4.78, 5) is 22.1. The Morgan fingerprint density at radius 2 is 2.04 bits per heavy atom. The monoisotopic (exact) mass is 385 g/mol. The standard InChI is InChI=1S/C22H35N5O/c1-5-7-12-23-21(28)18-10-11-20-24-19(6-2)22(27(20)16-18)26(14-13-25(3)4)15-17-8-9-17/h10-11,16-17H,5-9,12-15H2,1-4H3,(H,23,28). The molecule has 0 atom stereocenters. The van der Waals surface area contributed by atoms with Gasteiger partial charge in [-0.05, 0) is 57.8 Å². The Labute approximate surface area is 168 Å². The smallest absolute Gasteiger partial charge is 0.252 e. The largest absolute Gasteiger partial charge is 0.355 e. The van der Waals surface area contributed by atoms with Crippen molar-refractivity contribution < 1.29 is 4.79 Å². The Morgan fingerprint density at radius 3 is 2.68 bits per heavy atom. The summed E-state index contributed by atoms with van der Waals surface area (Å²) in [6.07, 6.45) is 7.58. The van der Waals surface area contributed by atoms with Crippen molar-refractivity contribution in [2.75, 3.05) is 45.2 Å². The highest BCUT2D eigenvalue weighted by atomic mass is 16.1. The number of likely N-dealkylation sites (N-methyl/N-ethyl adjacent to an activating group) is 1. The SMILES string of the molecule is CCCCNC(=O)c1ccc2nc(CC)c(N(CCN(C)C)CC3CC3)n2c1. The highest BCUT2D eigenvalue weighted by Crippen LogP contribution is 2.33. The molecule has 0 aliphatic heterocycles. The topological polar surface area (TPSA) is 52.9 Å².